The first-order valence-electron chi connectivity index (χ1n) is 18.0. The summed E-state index contributed by atoms with van der Waals surface area (Å²) in [5.41, 5.74) is 10.1. The fourth-order valence-corrected chi connectivity index (χ4v) is 9.25. The Labute approximate surface area is 310 Å². The summed E-state index contributed by atoms with van der Waals surface area (Å²) in [6.45, 7) is 0. The normalized spacial score (nSPS) is 11.8. The molecule has 0 aliphatic carbocycles. The minimum atomic E-state index is 0.911. The largest absolute Gasteiger partial charge is 0.456 e. The molecule has 53 heavy (non-hydrogen) atoms. The van der Waals surface area contributed by atoms with Crippen molar-refractivity contribution in [1.29, 1.82) is 0 Å². The zero-order valence-electron chi connectivity index (χ0n) is 28.7. The molecule has 0 spiro atoms. The van der Waals surface area contributed by atoms with E-state index in [-0.39, 0.29) is 0 Å². The second-order valence-electron chi connectivity index (χ2n) is 13.7. The van der Waals surface area contributed by atoms with E-state index in [0.717, 1.165) is 39.0 Å². The van der Waals surface area contributed by atoms with Crippen molar-refractivity contribution in [2.45, 2.75) is 0 Å². The van der Waals surface area contributed by atoms with Crippen LogP contribution < -0.4 is 4.90 Å². The Morgan fingerprint density at radius 2 is 1.02 bits per heavy atom. The van der Waals surface area contributed by atoms with Crippen molar-refractivity contribution in [2.24, 2.45) is 0 Å². The standard InChI is InChI=1S/C50H31NOS/c1-2-13-38(14-3-1)51(39-23-20-33(21-24-39)35-19-18-32-10-4-5-11-34(32)28-35)40-25-27-47-44(31-40)50-48(53-47)30-36-12-6-7-15-41(36)49(50)37-22-26-46-43(29-37)42-16-8-9-17-45(42)52-46/h1-31H. The highest BCUT2D eigenvalue weighted by Crippen LogP contribution is 2.47. The maximum absolute atomic E-state index is 6.25. The molecule has 0 saturated carbocycles. The summed E-state index contributed by atoms with van der Waals surface area (Å²) in [7, 11) is 0. The van der Waals surface area contributed by atoms with Gasteiger partial charge in [0.1, 0.15) is 11.2 Å². The molecule has 0 aliphatic rings. The Balaban J connectivity index is 1.10. The van der Waals surface area contributed by atoms with Gasteiger partial charge in [-0.1, -0.05) is 115 Å². The molecule has 2 nitrogen and oxygen atoms in total. The van der Waals surface area contributed by atoms with Crippen LogP contribution in [0.1, 0.15) is 0 Å². The van der Waals surface area contributed by atoms with Crippen LogP contribution in [0.4, 0.5) is 17.1 Å². The second kappa shape index (κ2) is 11.9. The van der Waals surface area contributed by atoms with Crippen LogP contribution in [-0.2, 0) is 0 Å². The van der Waals surface area contributed by atoms with Crippen LogP contribution in [0, 0.1) is 0 Å². The Morgan fingerprint density at radius 3 is 1.89 bits per heavy atom. The van der Waals surface area contributed by atoms with E-state index in [1.165, 1.54) is 64.0 Å². The minimum absolute atomic E-state index is 0.911. The molecule has 0 saturated heterocycles. The Bertz CT molecular complexity index is 3170. The highest BCUT2D eigenvalue weighted by Gasteiger charge is 2.19. The lowest BCUT2D eigenvalue weighted by Crippen LogP contribution is -2.09. The average molecular weight is 694 g/mol. The number of rotatable bonds is 5. The molecule has 0 unspecified atom stereocenters. The highest BCUT2D eigenvalue weighted by molar-refractivity contribution is 7.26. The van der Waals surface area contributed by atoms with Gasteiger partial charge in [0, 0.05) is 48.0 Å². The molecule has 2 heterocycles. The van der Waals surface area contributed by atoms with E-state index in [0.29, 0.717) is 0 Å². The van der Waals surface area contributed by atoms with Crippen molar-refractivity contribution < 1.29 is 4.42 Å². The summed E-state index contributed by atoms with van der Waals surface area (Å²) in [4.78, 5) is 2.37. The molecule has 0 fully saturated rings. The molecular weight excluding hydrogens is 663 g/mol. The molecule has 11 aromatic rings. The number of hydrogen-bond donors (Lipinski definition) is 0. The molecule has 3 heteroatoms. The molecule has 9 aromatic carbocycles. The molecule has 0 atom stereocenters. The summed E-state index contributed by atoms with van der Waals surface area (Å²) in [5, 5.41) is 9.84. The summed E-state index contributed by atoms with van der Waals surface area (Å²) in [6, 6.07) is 68.1. The van der Waals surface area contributed by atoms with Gasteiger partial charge >= 0.3 is 0 Å². The van der Waals surface area contributed by atoms with Gasteiger partial charge in [-0.05, 0) is 117 Å². The zero-order chi connectivity index (χ0) is 34.9. The maximum atomic E-state index is 6.25. The lowest BCUT2D eigenvalue weighted by molar-refractivity contribution is 0.669. The quantitative estimate of drug-likeness (QED) is 0.178. The molecule has 0 amide bonds. The van der Waals surface area contributed by atoms with Crippen molar-refractivity contribution in [1.82, 2.24) is 0 Å². The summed E-state index contributed by atoms with van der Waals surface area (Å²) in [6.07, 6.45) is 0. The van der Waals surface area contributed by atoms with E-state index in [4.69, 9.17) is 4.42 Å². The van der Waals surface area contributed by atoms with E-state index >= 15 is 0 Å². The van der Waals surface area contributed by atoms with Gasteiger partial charge in [-0.3, -0.25) is 0 Å². The van der Waals surface area contributed by atoms with Crippen molar-refractivity contribution in [2.75, 3.05) is 4.90 Å². The van der Waals surface area contributed by atoms with Crippen LogP contribution >= 0.6 is 11.3 Å². The maximum Gasteiger partial charge on any atom is 0.135 e. The van der Waals surface area contributed by atoms with Gasteiger partial charge in [0.2, 0.25) is 0 Å². The van der Waals surface area contributed by atoms with Crippen LogP contribution in [0.25, 0.3) is 85.9 Å². The van der Waals surface area contributed by atoms with Gasteiger partial charge in [0.15, 0.2) is 0 Å². The first kappa shape index (κ1) is 30.0. The van der Waals surface area contributed by atoms with Gasteiger partial charge in [0.25, 0.3) is 0 Å². The predicted molar refractivity (Wildman–Crippen MR) is 227 cm³/mol. The molecule has 0 N–H and O–H groups in total. The number of furan rings is 1. The SMILES string of the molecule is c1ccc(N(c2ccc(-c3ccc4ccccc4c3)cc2)c2ccc3sc4cc5ccccc5c(-c5ccc6oc7ccccc7c6c5)c4c3c2)cc1. The van der Waals surface area contributed by atoms with Crippen molar-refractivity contribution in [3.05, 3.63) is 188 Å². The molecule has 2 aromatic heterocycles. The second-order valence-corrected chi connectivity index (χ2v) is 14.8. The third-order valence-electron chi connectivity index (χ3n) is 10.6. The van der Waals surface area contributed by atoms with Gasteiger partial charge in [0.05, 0.1) is 0 Å². The summed E-state index contributed by atoms with van der Waals surface area (Å²) < 4.78 is 8.80. The van der Waals surface area contributed by atoms with Crippen LogP contribution in [0.15, 0.2) is 192 Å². The van der Waals surface area contributed by atoms with E-state index < -0.39 is 0 Å². The molecule has 11 rings (SSSR count). The van der Waals surface area contributed by atoms with E-state index in [1.807, 2.05) is 17.4 Å². The fourth-order valence-electron chi connectivity index (χ4n) is 8.11. The summed E-state index contributed by atoms with van der Waals surface area (Å²) in [5.74, 6) is 0. The highest BCUT2D eigenvalue weighted by atomic mass is 32.1. The lowest BCUT2D eigenvalue weighted by Gasteiger charge is -2.26. The minimum Gasteiger partial charge on any atom is -0.456 e. The Kier molecular flexibility index (Phi) is 6.76. The number of benzene rings is 9. The number of thiophene rings is 1. The van der Waals surface area contributed by atoms with Crippen LogP contribution in [-0.4, -0.2) is 0 Å². The fraction of sp³-hybridized carbons (Fsp3) is 0. The van der Waals surface area contributed by atoms with Crippen LogP contribution in [0.2, 0.25) is 0 Å². The van der Waals surface area contributed by atoms with Crippen molar-refractivity contribution in [3.8, 4) is 22.3 Å². The van der Waals surface area contributed by atoms with E-state index in [1.54, 1.807) is 0 Å². The Morgan fingerprint density at radius 1 is 0.358 bits per heavy atom. The van der Waals surface area contributed by atoms with Gasteiger partial charge in [-0.25, -0.2) is 0 Å². The first-order valence-corrected chi connectivity index (χ1v) is 18.8. The first-order chi connectivity index (χ1) is 26.2. The number of fused-ring (bicyclic) bond motifs is 8. The monoisotopic (exact) mass is 693 g/mol. The molecule has 248 valence electrons. The van der Waals surface area contributed by atoms with E-state index in [2.05, 4.69) is 187 Å². The smallest absolute Gasteiger partial charge is 0.135 e. The predicted octanol–water partition coefficient (Wildman–Crippen LogP) is 15.1. The van der Waals surface area contributed by atoms with Gasteiger partial charge in [-0.2, -0.15) is 0 Å². The molecule has 0 aliphatic heterocycles. The Hall–Kier alpha value is -6.68. The number of anilines is 3. The lowest BCUT2D eigenvalue weighted by atomic mass is 9.92. The average Bonchev–Trinajstić information content (AvgIpc) is 3.78. The topological polar surface area (TPSA) is 16.4 Å². The number of nitrogens with zero attached hydrogens (tertiary/aromatic N) is 1. The zero-order valence-corrected chi connectivity index (χ0v) is 29.5. The number of para-hydroxylation sites is 2. The molecular formula is C50H31NOS. The van der Waals surface area contributed by atoms with E-state index in [9.17, 15) is 0 Å². The van der Waals surface area contributed by atoms with Crippen molar-refractivity contribution >= 4 is 92.1 Å². The van der Waals surface area contributed by atoms with Gasteiger partial charge < -0.3 is 9.32 Å². The van der Waals surface area contributed by atoms with Crippen LogP contribution in [0.5, 0.6) is 0 Å². The third kappa shape index (κ3) is 4.93. The van der Waals surface area contributed by atoms with Gasteiger partial charge in [-0.15, -0.1) is 11.3 Å². The molecule has 0 radical (unpaired) electrons. The third-order valence-corrected chi connectivity index (χ3v) is 11.7. The summed E-state index contributed by atoms with van der Waals surface area (Å²) >= 11 is 1.87. The number of hydrogen-bond acceptors (Lipinski definition) is 3. The van der Waals surface area contributed by atoms with Crippen LogP contribution in [0.3, 0.4) is 0 Å². The van der Waals surface area contributed by atoms with Crippen molar-refractivity contribution in [3.63, 3.8) is 0 Å². The molecule has 0 bridgehead atoms.